The zero-order valence-electron chi connectivity index (χ0n) is 19.6. The van der Waals surface area contributed by atoms with Crippen molar-refractivity contribution < 1.29 is 4.74 Å². The zero-order chi connectivity index (χ0) is 22.9. The van der Waals surface area contributed by atoms with Crippen molar-refractivity contribution in [2.24, 2.45) is 4.99 Å². The van der Waals surface area contributed by atoms with Crippen molar-refractivity contribution in [1.29, 1.82) is 0 Å². The first-order valence-electron chi connectivity index (χ1n) is 12.0. The van der Waals surface area contributed by atoms with Gasteiger partial charge in [-0.25, -0.2) is 4.98 Å². The smallest absolute Gasteiger partial charge is 0.124 e. The summed E-state index contributed by atoms with van der Waals surface area (Å²) in [5, 5.41) is 1.04. The summed E-state index contributed by atoms with van der Waals surface area (Å²) in [6.45, 7) is 5.15. The third-order valence-electron chi connectivity index (χ3n) is 5.67. The molecule has 0 radical (unpaired) electrons. The average Bonchev–Trinajstić information content (AvgIpc) is 3.26. The number of ether oxygens (including phenoxy) is 1. The Kier molecular flexibility index (Phi) is 8.26. The molecule has 0 aliphatic rings. The summed E-state index contributed by atoms with van der Waals surface area (Å²) in [6.07, 6.45) is 9.57. The summed E-state index contributed by atoms with van der Waals surface area (Å²) < 4.78 is 7.09. The Hall–Kier alpha value is -2.98. The van der Waals surface area contributed by atoms with Crippen LogP contribution in [0.25, 0.3) is 20.8 Å². The molecule has 4 rings (SSSR count). The number of thiazole rings is 1. The van der Waals surface area contributed by atoms with Crippen molar-refractivity contribution in [2.75, 3.05) is 6.61 Å². The van der Waals surface area contributed by atoms with Crippen LogP contribution in [-0.4, -0.2) is 17.8 Å². The molecule has 3 aromatic carbocycles. The topological polar surface area (TPSA) is 34.5 Å². The number of unbranched alkanes of at least 4 members (excludes halogenated alkanes) is 5. The van der Waals surface area contributed by atoms with E-state index in [2.05, 4.69) is 61.3 Å². The molecule has 0 aliphatic heterocycles. The van der Waals surface area contributed by atoms with Gasteiger partial charge in [-0.3, -0.25) is 4.99 Å². The van der Waals surface area contributed by atoms with Crippen LogP contribution in [0.15, 0.2) is 71.7 Å². The van der Waals surface area contributed by atoms with Gasteiger partial charge in [0.2, 0.25) is 0 Å². The summed E-state index contributed by atoms with van der Waals surface area (Å²) in [5.74, 6) is 0.927. The Morgan fingerprint density at radius 3 is 2.42 bits per heavy atom. The standard InChI is InChI=1S/C29H32N2OS/c1-3-4-5-6-7-8-19-32-26-16-10-23(11-17-26)21-30-25-14-12-24(13-15-25)29-31-27-18-9-22(2)20-28(27)33-29/h9-18,20-21H,3-8,19H2,1-2H3. The predicted octanol–water partition coefficient (Wildman–Crippen LogP) is 8.76. The maximum Gasteiger partial charge on any atom is 0.124 e. The van der Waals surface area contributed by atoms with Gasteiger partial charge < -0.3 is 4.74 Å². The van der Waals surface area contributed by atoms with E-state index in [1.54, 1.807) is 11.3 Å². The molecule has 170 valence electrons. The molecule has 4 heteroatoms. The molecule has 0 fully saturated rings. The number of fused-ring (bicyclic) bond motifs is 1. The van der Waals surface area contributed by atoms with Gasteiger partial charge in [0.05, 0.1) is 22.5 Å². The number of hydrogen-bond donors (Lipinski definition) is 0. The molecule has 0 spiro atoms. The van der Waals surface area contributed by atoms with E-state index in [4.69, 9.17) is 9.72 Å². The lowest BCUT2D eigenvalue weighted by Crippen LogP contribution is -1.97. The molecule has 0 bridgehead atoms. The van der Waals surface area contributed by atoms with Gasteiger partial charge in [-0.15, -0.1) is 11.3 Å². The molecule has 0 N–H and O–H groups in total. The molecule has 0 amide bonds. The van der Waals surface area contributed by atoms with E-state index in [-0.39, 0.29) is 0 Å². The van der Waals surface area contributed by atoms with E-state index in [0.29, 0.717) is 0 Å². The lowest BCUT2D eigenvalue weighted by molar-refractivity contribution is 0.304. The summed E-state index contributed by atoms with van der Waals surface area (Å²) >= 11 is 1.73. The maximum atomic E-state index is 5.86. The fourth-order valence-electron chi connectivity index (χ4n) is 3.72. The molecule has 0 unspecified atom stereocenters. The van der Waals surface area contributed by atoms with Gasteiger partial charge in [-0.1, -0.05) is 45.1 Å². The Balaban J connectivity index is 1.28. The number of aliphatic imine (C=N–C) groups is 1. The van der Waals surface area contributed by atoms with Crippen LogP contribution in [0, 0.1) is 6.92 Å². The van der Waals surface area contributed by atoms with Crippen molar-refractivity contribution in [3.8, 4) is 16.3 Å². The van der Waals surface area contributed by atoms with Gasteiger partial charge in [0.1, 0.15) is 10.8 Å². The van der Waals surface area contributed by atoms with Crippen molar-refractivity contribution in [3.63, 3.8) is 0 Å². The number of aryl methyl sites for hydroxylation is 1. The van der Waals surface area contributed by atoms with Crippen LogP contribution in [-0.2, 0) is 0 Å². The highest BCUT2D eigenvalue weighted by molar-refractivity contribution is 7.21. The molecule has 0 aliphatic carbocycles. The highest BCUT2D eigenvalue weighted by atomic mass is 32.1. The fraction of sp³-hybridized carbons (Fsp3) is 0.310. The molecule has 3 nitrogen and oxygen atoms in total. The van der Waals surface area contributed by atoms with Crippen LogP contribution in [0.5, 0.6) is 5.75 Å². The molecular formula is C29H32N2OS. The van der Waals surface area contributed by atoms with E-state index in [0.717, 1.165) is 46.1 Å². The van der Waals surface area contributed by atoms with Crippen LogP contribution in [0.4, 0.5) is 5.69 Å². The monoisotopic (exact) mass is 456 g/mol. The van der Waals surface area contributed by atoms with Crippen molar-refractivity contribution in [3.05, 3.63) is 77.9 Å². The third-order valence-corrected chi connectivity index (χ3v) is 6.73. The fourth-order valence-corrected chi connectivity index (χ4v) is 4.79. The Morgan fingerprint density at radius 1 is 0.879 bits per heavy atom. The molecule has 1 aromatic heterocycles. The summed E-state index contributed by atoms with van der Waals surface area (Å²) in [5.41, 5.74) is 5.44. The Morgan fingerprint density at radius 2 is 1.64 bits per heavy atom. The first kappa shape index (κ1) is 23.2. The number of benzene rings is 3. The molecule has 0 saturated carbocycles. The van der Waals surface area contributed by atoms with E-state index < -0.39 is 0 Å². The minimum atomic E-state index is 0.792. The molecular weight excluding hydrogens is 424 g/mol. The van der Waals surface area contributed by atoms with E-state index >= 15 is 0 Å². The molecule has 1 heterocycles. The first-order valence-corrected chi connectivity index (χ1v) is 12.8. The van der Waals surface area contributed by atoms with Crippen LogP contribution in [0.2, 0.25) is 0 Å². The number of rotatable bonds is 11. The largest absolute Gasteiger partial charge is 0.494 e. The van der Waals surface area contributed by atoms with Gasteiger partial charge in [-0.2, -0.15) is 0 Å². The van der Waals surface area contributed by atoms with Gasteiger partial charge in [0.15, 0.2) is 0 Å². The quantitative estimate of drug-likeness (QED) is 0.167. The molecule has 0 saturated heterocycles. The van der Waals surface area contributed by atoms with Gasteiger partial charge in [0, 0.05) is 11.8 Å². The van der Waals surface area contributed by atoms with Crippen LogP contribution in [0.3, 0.4) is 0 Å². The lowest BCUT2D eigenvalue weighted by atomic mass is 10.1. The minimum Gasteiger partial charge on any atom is -0.494 e. The Labute approximate surface area is 201 Å². The lowest BCUT2D eigenvalue weighted by Gasteiger charge is -2.06. The zero-order valence-corrected chi connectivity index (χ0v) is 20.4. The van der Waals surface area contributed by atoms with E-state index in [1.165, 1.54) is 42.4 Å². The van der Waals surface area contributed by atoms with Crippen LogP contribution >= 0.6 is 11.3 Å². The van der Waals surface area contributed by atoms with Crippen molar-refractivity contribution in [2.45, 2.75) is 52.4 Å². The van der Waals surface area contributed by atoms with Gasteiger partial charge in [-0.05, 0) is 85.1 Å². The molecule has 4 aromatic rings. The summed E-state index contributed by atoms with van der Waals surface area (Å²) in [4.78, 5) is 9.39. The van der Waals surface area contributed by atoms with E-state index in [9.17, 15) is 0 Å². The highest BCUT2D eigenvalue weighted by Crippen LogP contribution is 2.31. The molecule has 33 heavy (non-hydrogen) atoms. The predicted molar refractivity (Wildman–Crippen MR) is 142 cm³/mol. The third kappa shape index (κ3) is 6.75. The number of hydrogen-bond acceptors (Lipinski definition) is 4. The second-order valence-corrected chi connectivity index (χ2v) is 9.51. The number of aromatic nitrogens is 1. The van der Waals surface area contributed by atoms with Crippen molar-refractivity contribution in [1.82, 2.24) is 4.98 Å². The summed E-state index contributed by atoms with van der Waals surface area (Å²) in [7, 11) is 0. The second kappa shape index (κ2) is 11.8. The molecule has 0 atom stereocenters. The minimum absolute atomic E-state index is 0.792. The average molecular weight is 457 g/mol. The van der Waals surface area contributed by atoms with Gasteiger partial charge >= 0.3 is 0 Å². The number of nitrogens with zero attached hydrogens (tertiary/aromatic N) is 2. The summed E-state index contributed by atoms with van der Waals surface area (Å²) in [6, 6.07) is 22.8. The highest BCUT2D eigenvalue weighted by Gasteiger charge is 2.06. The van der Waals surface area contributed by atoms with E-state index in [1.807, 2.05) is 30.5 Å². The SMILES string of the molecule is CCCCCCCCOc1ccc(C=Nc2ccc(-c3nc4ccc(C)cc4s3)cc2)cc1. The maximum absolute atomic E-state index is 5.86. The first-order chi connectivity index (χ1) is 16.2. The second-order valence-electron chi connectivity index (χ2n) is 8.48. The van der Waals surface area contributed by atoms with Crippen LogP contribution in [0.1, 0.15) is 56.6 Å². The van der Waals surface area contributed by atoms with Crippen molar-refractivity contribution >= 4 is 33.5 Å². The normalized spacial score (nSPS) is 11.5. The van der Waals surface area contributed by atoms with Gasteiger partial charge in [0.25, 0.3) is 0 Å². The Bertz CT molecular complexity index is 1180. The van der Waals surface area contributed by atoms with Crippen LogP contribution < -0.4 is 4.74 Å².